The Balaban J connectivity index is 1.41. The molecule has 1 unspecified atom stereocenters. The average molecular weight is 380 g/mol. The van der Waals surface area contributed by atoms with Gasteiger partial charge in [0.2, 0.25) is 5.91 Å². The molecule has 2 aromatic rings. The maximum atomic E-state index is 12.4. The van der Waals surface area contributed by atoms with E-state index in [4.69, 9.17) is 0 Å². The predicted molar refractivity (Wildman–Crippen MR) is 112 cm³/mol. The fourth-order valence-corrected chi connectivity index (χ4v) is 3.57. The summed E-state index contributed by atoms with van der Waals surface area (Å²) in [5, 5.41) is 6.03. The molecule has 5 nitrogen and oxygen atoms in total. The maximum Gasteiger partial charge on any atom is 0.321 e. The summed E-state index contributed by atoms with van der Waals surface area (Å²) in [5.41, 5.74) is 3.09. The Morgan fingerprint density at radius 2 is 1.68 bits per heavy atom. The van der Waals surface area contributed by atoms with E-state index in [1.807, 2.05) is 73.3 Å². The van der Waals surface area contributed by atoms with Gasteiger partial charge in [0.05, 0.1) is 6.04 Å². The van der Waals surface area contributed by atoms with Crippen LogP contribution in [0.25, 0.3) is 0 Å². The largest absolute Gasteiger partial charge is 0.350 e. The van der Waals surface area contributed by atoms with E-state index in [0.29, 0.717) is 25.4 Å². The normalized spacial score (nSPS) is 15.7. The molecule has 1 aliphatic rings. The van der Waals surface area contributed by atoms with Crippen LogP contribution in [0.5, 0.6) is 0 Å². The zero-order chi connectivity index (χ0) is 19.9. The summed E-state index contributed by atoms with van der Waals surface area (Å²) < 4.78 is 0. The van der Waals surface area contributed by atoms with Crippen molar-refractivity contribution in [3.63, 3.8) is 0 Å². The van der Waals surface area contributed by atoms with Gasteiger partial charge in [0.1, 0.15) is 0 Å². The predicted octanol–water partition coefficient (Wildman–Crippen LogP) is 4.51. The first kappa shape index (κ1) is 19.9. The van der Waals surface area contributed by atoms with Crippen LogP contribution in [-0.2, 0) is 4.79 Å². The van der Waals surface area contributed by atoms with Gasteiger partial charge in [0.15, 0.2) is 0 Å². The van der Waals surface area contributed by atoms with Crippen LogP contribution in [0.15, 0.2) is 54.6 Å². The molecular weight excluding hydrogens is 350 g/mol. The van der Waals surface area contributed by atoms with E-state index in [2.05, 4.69) is 10.6 Å². The van der Waals surface area contributed by atoms with Crippen LogP contribution in [0.3, 0.4) is 0 Å². The molecule has 2 N–H and O–H groups in total. The van der Waals surface area contributed by atoms with Gasteiger partial charge in [0, 0.05) is 25.2 Å². The molecule has 0 radical (unpaired) electrons. The van der Waals surface area contributed by atoms with Gasteiger partial charge in [-0.3, -0.25) is 4.79 Å². The van der Waals surface area contributed by atoms with Crippen LogP contribution in [0, 0.1) is 12.8 Å². The van der Waals surface area contributed by atoms with Crippen molar-refractivity contribution >= 4 is 17.6 Å². The third kappa shape index (κ3) is 5.59. The topological polar surface area (TPSA) is 61.4 Å². The number of anilines is 1. The van der Waals surface area contributed by atoms with Crippen molar-refractivity contribution in [2.24, 2.45) is 5.92 Å². The molecule has 2 aromatic carbocycles. The molecule has 1 aliphatic heterocycles. The first-order valence-corrected chi connectivity index (χ1v) is 9.98. The van der Waals surface area contributed by atoms with E-state index in [0.717, 1.165) is 24.1 Å². The minimum Gasteiger partial charge on any atom is -0.350 e. The number of amides is 3. The van der Waals surface area contributed by atoms with Gasteiger partial charge in [-0.15, -0.1) is 0 Å². The number of rotatable bonds is 5. The molecular formula is C23H29N3O2. The Labute approximate surface area is 167 Å². The number of aryl methyl sites for hydroxylation is 1. The Morgan fingerprint density at radius 3 is 2.32 bits per heavy atom. The lowest BCUT2D eigenvalue weighted by Gasteiger charge is -2.32. The molecule has 148 valence electrons. The average Bonchev–Trinajstić information content (AvgIpc) is 2.71. The summed E-state index contributed by atoms with van der Waals surface area (Å²) >= 11 is 0. The lowest BCUT2D eigenvalue weighted by atomic mass is 9.93. The minimum absolute atomic E-state index is 0.00840. The second-order valence-electron chi connectivity index (χ2n) is 7.63. The highest BCUT2D eigenvalue weighted by Crippen LogP contribution is 2.22. The summed E-state index contributed by atoms with van der Waals surface area (Å²) in [5.74, 6) is 0.408. The van der Waals surface area contributed by atoms with Crippen LogP contribution in [0.1, 0.15) is 43.4 Å². The summed E-state index contributed by atoms with van der Waals surface area (Å²) in [4.78, 5) is 26.6. The Morgan fingerprint density at radius 1 is 1.04 bits per heavy atom. The smallest absolute Gasteiger partial charge is 0.321 e. The zero-order valence-corrected chi connectivity index (χ0v) is 16.7. The van der Waals surface area contributed by atoms with Crippen molar-refractivity contribution < 1.29 is 9.59 Å². The van der Waals surface area contributed by atoms with Gasteiger partial charge in [-0.25, -0.2) is 4.79 Å². The number of benzene rings is 2. The van der Waals surface area contributed by atoms with E-state index < -0.39 is 0 Å². The third-order valence-corrected chi connectivity index (χ3v) is 5.36. The van der Waals surface area contributed by atoms with Crippen LogP contribution in [0.2, 0.25) is 0 Å². The fourth-order valence-electron chi connectivity index (χ4n) is 3.57. The third-order valence-electron chi connectivity index (χ3n) is 5.36. The molecule has 1 saturated heterocycles. The van der Waals surface area contributed by atoms with Gasteiger partial charge >= 0.3 is 6.03 Å². The molecule has 1 heterocycles. The van der Waals surface area contributed by atoms with Crippen molar-refractivity contribution in [2.45, 2.75) is 39.2 Å². The van der Waals surface area contributed by atoms with Gasteiger partial charge in [-0.1, -0.05) is 48.0 Å². The number of hydrogen-bond acceptors (Lipinski definition) is 2. The molecule has 3 amide bonds. The highest BCUT2D eigenvalue weighted by atomic mass is 16.2. The first-order chi connectivity index (χ1) is 13.5. The number of nitrogens with zero attached hydrogens (tertiary/aromatic N) is 1. The molecule has 0 saturated carbocycles. The van der Waals surface area contributed by atoms with Gasteiger partial charge in [-0.2, -0.15) is 0 Å². The first-order valence-electron chi connectivity index (χ1n) is 9.98. The monoisotopic (exact) mass is 379 g/mol. The molecule has 28 heavy (non-hydrogen) atoms. The van der Waals surface area contributed by atoms with Crippen molar-refractivity contribution in [1.82, 2.24) is 10.2 Å². The van der Waals surface area contributed by atoms with E-state index in [-0.39, 0.29) is 18.0 Å². The molecule has 5 heteroatoms. The molecule has 3 rings (SSSR count). The van der Waals surface area contributed by atoms with E-state index in [1.54, 1.807) is 0 Å². The number of urea groups is 1. The summed E-state index contributed by atoms with van der Waals surface area (Å²) in [6.07, 6.45) is 2.23. The molecule has 0 aromatic heterocycles. The summed E-state index contributed by atoms with van der Waals surface area (Å²) in [6.45, 7) is 5.39. The van der Waals surface area contributed by atoms with Crippen LogP contribution >= 0.6 is 0 Å². The molecule has 1 fully saturated rings. The summed E-state index contributed by atoms with van der Waals surface area (Å²) in [6, 6.07) is 17.7. The number of piperidine rings is 1. The van der Waals surface area contributed by atoms with Crippen molar-refractivity contribution in [3.05, 3.63) is 65.7 Å². The van der Waals surface area contributed by atoms with Crippen LogP contribution < -0.4 is 10.6 Å². The number of carbonyl (C=O) groups is 2. The summed E-state index contributed by atoms with van der Waals surface area (Å²) in [7, 11) is 0. The van der Waals surface area contributed by atoms with Gasteiger partial charge < -0.3 is 15.5 Å². The Bertz CT molecular complexity index is 781. The Hall–Kier alpha value is -2.82. The van der Waals surface area contributed by atoms with Gasteiger partial charge in [0.25, 0.3) is 0 Å². The zero-order valence-electron chi connectivity index (χ0n) is 16.7. The van der Waals surface area contributed by atoms with Gasteiger partial charge in [-0.05, 0) is 50.3 Å². The Kier molecular flexibility index (Phi) is 6.69. The maximum absolute atomic E-state index is 12.4. The number of hydrogen-bond donors (Lipinski definition) is 2. The highest BCUT2D eigenvalue weighted by molar-refractivity contribution is 5.89. The second-order valence-corrected chi connectivity index (χ2v) is 7.63. The minimum atomic E-state index is -0.0653. The standard InChI is InChI=1S/C23H29N3O2/c1-17-8-10-21(11-9-17)25-23(28)26-14-12-19(13-15-26)16-22(27)24-18(2)20-6-4-3-5-7-20/h3-11,18-19H,12-16H2,1-2H3,(H,24,27)(H,25,28). The second kappa shape index (κ2) is 9.40. The van der Waals surface area contributed by atoms with Crippen LogP contribution in [-0.4, -0.2) is 29.9 Å². The lowest BCUT2D eigenvalue weighted by molar-refractivity contribution is -0.122. The molecule has 0 bridgehead atoms. The highest BCUT2D eigenvalue weighted by Gasteiger charge is 2.25. The van der Waals surface area contributed by atoms with E-state index >= 15 is 0 Å². The van der Waals surface area contributed by atoms with Crippen molar-refractivity contribution in [3.8, 4) is 0 Å². The molecule has 1 atom stereocenters. The lowest BCUT2D eigenvalue weighted by Crippen LogP contribution is -2.42. The SMILES string of the molecule is Cc1ccc(NC(=O)N2CCC(CC(=O)NC(C)c3ccccc3)CC2)cc1. The molecule has 0 spiro atoms. The number of likely N-dealkylation sites (tertiary alicyclic amines) is 1. The quantitative estimate of drug-likeness (QED) is 0.803. The van der Waals surface area contributed by atoms with Crippen LogP contribution in [0.4, 0.5) is 10.5 Å². The number of nitrogens with one attached hydrogen (secondary N) is 2. The van der Waals surface area contributed by atoms with Crippen molar-refractivity contribution in [2.75, 3.05) is 18.4 Å². The van der Waals surface area contributed by atoms with Crippen molar-refractivity contribution in [1.29, 1.82) is 0 Å². The fraction of sp³-hybridized carbons (Fsp3) is 0.391. The number of carbonyl (C=O) groups excluding carboxylic acids is 2. The van der Waals surface area contributed by atoms with E-state index in [9.17, 15) is 9.59 Å². The molecule has 0 aliphatic carbocycles. The van der Waals surface area contributed by atoms with E-state index in [1.165, 1.54) is 5.56 Å².